The summed E-state index contributed by atoms with van der Waals surface area (Å²) in [6, 6.07) is 58.3. The minimum atomic E-state index is 0.238. The van der Waals surface area contributed by atoms with Crippen LogP contribution in [0.1, 0.15) is 235 Å². The zero-order valence-corrected chi connectivity index (χ0v) is 87.7. The molecule has 0 spiro atoms. The number of fused-ring (bicyclic) bond motifs is 6. The van der Waals surface area contributed by atoms with Gasteiger partial charge in [-0.05, 0) is 91.6 Å². The largest absolute Gasteiger partial charge is 0.294 e. The number of aryl methyl sites for hydroxylation is 2. The van der Waals surface area contributed by atoms with Crippen LogP contribution >= 0.6 is 70.6 Å². The normalized spacial score (nSPS) is 22.5. The number of ketones is 6. The summed E-state index contributed by atoms with van der Waals surface area (Å²) in [5.74, 6) is 3.36. The van der Waals surface area contributed by atoms with Crippen LogP contribution in [0.3, 0.4) is 0 Å². The molecule has 0 N–H and O–H groups in total. The zero-order chi connectivity index (χ0) is 96.7. The highest BCUT2D eigenvalue weighted by Gasteiger charge is 2.43. The first kappa shape index (κ1) is 110. The number of benzene rings is 6. The molecule has 0 radical (unpaired) electrons. The Labute approximate surface area is 820 Å². The van der Waals surface area contributed by atoms with Crippen LogP contribution in [0.25, 0.3) is 31.4 Å². The Balaban J connectivity index is 0.000000211. The second-order valence-corrected chi connectivity index (χ2v) is 38.7. The van der Waals surface area contributed by atoms with Gasteiger partial charge in [-0.15, -0.1) is 70.6 Å². The van der Waals surface area contributed by atoms with Crippen LogP contribution in [0, 0.1) is 49.4 Å². The molecule has 0 saturated heterocycles. The third-order valence-electron chi connectivity index (χ3n) is 23.1. The van der Waals surface area contributed by atoms with Crippen LogP contribution in [-0.2, 0) is 28.8 Å². The number of carbonyl (C=O) groups excluding carboxylic acids is 6. The summed E-state index contributed by atoms with van der Waals surface area (Å²) in [4.78, 5) is 80.5. The third-order valence-corrected chi connectivity index (χ3v) is 31.4. The Morgan fingerprint density at radius 1 is 0.227 bits per heavy atom. The smallest absolute Gasteiger partial charge is 0.169 e. The molecule has 6 nitrogen and oxygen atoms in total. The van der Waals surface area contributed by atoms with Gasteiger partial charge in [0.25, 0.3) is 0 Å². The van der Waals surface area contributed by atoms with E-state index in [1.54, 1.807) is 35.3 Å². The minimum absolute atomic E-state index is 0.238. The second-order valence-electron chi connectivity index (χ2n) is 31.6. The summed E-state index contributed by atoms with van der Waals surface area (Å²) in [7, 11) is 0. The number of carbonyl (C=O) groups is 6. The molecular weight excluding hydrogens is 1730 g/mol. The predicted octanol–water partition coefficient (Wildman–Crippen LogP) is 33.7. The highest BCUT2D eigenvalue weighted by atomic mass is 32.2. The van der Waals surface area contributed by atoms with E-state index >= 15 is 0 Å². The van der Waals surface area contributed by atoms with Crippen molar-refractivity contribution in [2.24, 2.45) is 35.5 Å². The maximum atomic E-state index is 12.5. The van der Waals surface area contributed by atoms with Crippen molar-refractivity contribution in [3.8, 4) is 0 Å². The number of Topliss-reactive ketones (excluding diaryl/α,β-unsaturated/α-hetero) is 6. The van der Waals surface area contributed by atoms with Crippen molar-refractivity contribution in [1.82, 2.24) is 0 Å². The molecule has 0 bridgehead atoms. The summed E-state index contributed by atoms with van der Waals surface area (Å²) < 4.78 is 0. The molecule has 12 unspecified atom stereocenters. The van der Waals surface area contributed by atoms with E-state index in [9.17, 15) is 28.8 Å². The molecular formula is C120H144O6S6. The number of rotatable bonds is 18. The van der Waals surface area contributed by atoms with Crippen molar-refractivity contribution in [1.29, 1.82) is 0 Å². The topological polar surface area (TPSA) is 102 Å². The Kier molecular flexibility index (Phi) is 47.3. The van der Waals surface area contributed by atoms with Gasteiger partial charge in [-0.25, -0.2) is 0 Å². The summed E-state index contributed by atoms with van der Waals surface area (Å²) in [6.07, 6.45) is 47.2. The number of hydrogen-bond acceptors (Lipinski definition) is 12. The van der Waals surface area contributed by atoms with Crippen molar-refractivity contribution < 1.29 is 28.8 Å². The van der Waals surface area contributed by atoms with Crippen LogP contribution in [0.4, 0.5) is 0 Å². The van der Waals surface area contributed by atoms with E-state index in [-0.39, 0.29) is 52.5 Å². The molecule has 18 rings (SSSR count). The lowest BCUT2D eigenvalue weighted by molar-refractivity contribution is -0.116. The van der Waals surface area contributed by atoms with Gasteiger partial charge >= 0.3 is 0 Å². The lowest BCUT2D eigenvalue weighted by Gasteiger charge is -2.20. The fourth-order valence-electron chi connectivity index (χ4n) is 16.8. The fourth-order valence-corrected chi connectivity index (χ4v) is 26.0. The SMILES string of the molecule is CC.CC.CC.CC.CC.CC.CCC(=O)C1=C(c2ccc(C)cc2)C2C=CC(C)=CC2S1.CCC(=O)C1=C(c2ccc(C)cc2)SC2C=C(C)C=CC12.CCC(=O)C1=C(c2ccccc2)C2C=CC(C)=CC2S1.CCC(=O)C1=C(c2ccccc2)C2C=CC=CC2S1.CCC(=O)C1=C(c2ccccc2)SC2C=C(C)C=CC12.CCC(=O)C1=C(c2ccccc2)SC2C=CC=CC12. The third kappa shape index (κ3) is 28.0. The molecule has 12 heteroatoms. The summed E-state index contributed by atoms with van der Waals surface area (Å²) >= 11 is 10.7. The molecule has 12 aliphatic rings. The number of allylic oxidation sites excluding steroid dienone is 27. The van der Waals surface area contributed by atoms with Crippen molar-refractivity contribution in [2.75, 3.05) is 0 Å². The van der Waals surface area contributed by atoms with Gasteiger partial charge < -0.3 is 0 Å². The lowest BCUT2D eigenvalue weighted by Crippen LogP contribution is -2.17. The first-order valence-electron chi connectivity index (χ1n) is 48.4. The van der Waals surface area contributed by atoms with Crippen molar-refractivity contribution in [3.63, 3.8) is 0 Å². The fraction of sp³-hybridized carbons (Fsp3) is 0.350. The molecule has 0 amide bonds. The molecule has 6 aliphatic carbocycles. The Bertz CT molecular complexity index is 5460. The summed E-state index contributed by atoms with van der Waals surface area (Å²) in [5, 5.41) is 2.26. The van der Waals surface area contributed by atoms with Crippen LogP contribution in [0.2, 0.25) is 0 Å². The van der Waals surface area contributed by atoms with E-state index in [4.69, 9.17) is 0 Å². The Hall–Kier alpha value is -9.24. The molecule has 6 aromatic rings. The average Bonchev–Trinajstić information content (AvgIpc) is 1.25. The first-order valence-corrected chi connectivity index (χ1v) is 53.7. The first-order chi connectivity index (χ1) is 64.2. The highest BCUT2D eigenvalue weighted by Crippen LogP contribution is 2.57. The summed E-state index contributed by atoms with van der Waals surface area (Å²) in [5.41, 5.74) is 21.4. The molecule has 0 aromatic heterocycles. The molecule has 696 valence electrons. The molecule has 132 heavy (non-hydrogen) atoms. The average molecular weight is 1870 g/mol. The second kappa shape index (κ2) is 56.8. The standard InChI is InChI=1S/2C19H20OS.2C18H18OS.2C17H16OS.6C2H6/c1-4-16(20)18-15-10-7-13(3)11-17(15)21-19(18)14-8-5-12(2)6-9-14;1-4-16(20)19-18(14-8-5-12(2)6-9-14)15-10-7-13(3)11-17(15)21-19;1-3-15(19)17-14-10-9-12(2)11-16(14)20-18(17)13-7-5-4-6-8-13;1-3-15(19)18-17(13-7-5-4-6-8-13)14-10-9-12(2)11-16(14)20-18;1-2-14(18)16-13-10-6-7-11-15(13)19-17(16)12-8-4-3-5-9-12;1-2-14(18)17-16(12-8-4-3-5-9-12)13-10-6-7-11-15(13)19-17;6*1-2/h2*5-11,15,17H,4H2,1-3H3;2*4-11,14,16H,3H2,1-2H3;2*3-11,13,15H,2H2,1H3;6*1-2H3. The van der Waals surface area contributed by atoms with Crippen LogP contribution < -0.4 is 0 Å². The Morgan fingerprint density at radius 2 is 0.439 bits per heavy atom. The number of hydrogen-bond donors (Lipinski definition) is 0. The molecule has 0 saturated carbocycles. The van der Waals surface area contributed by atoms with E-state index in [1.165, 1.54) is 98.2 Å². The quantitative estimate of drug-likeness (QED) is 0.0819. The molecule has 0 fully saturated rings. The Morgan fingerprint density at radius 3 is 0.742 bits per heavy atom. The van der Waals surface area contributed by atoms with Gasteiger partial charge in [0, 0.05) is 137 Å². The van der Waals surface area contributed by atoms with E-state index in [0.717, 1.165) is 31.4 Å². The molecule has 12 atom stereocenters. The van der Waals surface area contributed by atoms with Crippen LogP contribution in [0.15, 0.2) is 345 Å². The van der Waals surface area contributed by atoms with Gasteiger partial charge in [-0.3, -0.25) is 28.8 Å². The maximum absolute atomic E-state index is 12.5. The van der Waals surface area contributed by atoms with E-state index in [2.05, 4.69) is 260 Å². The molecule has 6 aliphatic heterocycles. The van der Waals surface area contributed by atoms with Gasteiger partial charge in [0.2, 0.25) is 0 Å². The van der Waals surface area contributed by atoms with Crippen molar-refractivity contribution in [2.45, 2.75) is 236 Å². The van der Waals surface area contributed by atoms with Crippen LogP contribution in [-0.4, -0.2) is 66.2 Å². The predicted molar refractivity (Wildman–Crippen MR) is 587 cm³/mol. The highest BCUT2D eigenvalue weighted by molar-refractivity contribution is 8.10. The number of thioether (sulfide) groups is 6. The van der Waals surface area contributed by atoms with Crippen molar-refractivity contribution in [3.05, 3.63) is 390 Å². The van der Waals surface area contributed by atoms with Gasteiger partial charge in [0.15, 0.2) is 34.7 Å². The van der Waals surface area contributed by atoms with Gasteiger partial charge in [0.05, 0.1) is 14.7 Å². The van der Waals surface area contributed by atoms with E-state index < -0.39 is 0 Å². The van der Waals surface area contributed by atoms with Gasteiger partial charge in [-0.1, -0.05) is 449 Å². The van der Waals surface area contributed by atoms with E-state index in [0.29, 0.717) is 87.8 Å². The van der Waals surface area contributed by atoms with E-state index in [1.807, 2.05) is 233 Å². The molecule has 6 aromatic carbocycles. The lowest BCUT2D eigenvalue weighted by atomic mass is 9.85. The molecule has 6 heterocycles. The minimum Gasteiger partial charge on any atom is -0.294 e. The van der Waals surface area contributed by atoms with Crippen LogP contribution in [0.5, 0.6) is 0 Å². The maximum Gasteiger partial charge on any atom is 0.169 e. The zero-order valence-electron chi connectivity index (χ0n) is 82.8. The monoisotopic (exact) mass is 1870 g/mol. The summed E-state index contributed by atoms with van der Waals surface area (Å²) in [6.45, 7) is 48.3. The van der Waals surface area contributed by atoms with Gasteiger partial charge in [0.1, 0.15) is 0 Å². The van der Waals surface area contributed by atoms with Crippen molar-refractivity contribution >= 4 is 137 Å². The van der Waals surface area contributed by atoms with Gasteiger partial charge in [-0.2, -0.15) is 0 Å².